The molecule has 1 aliphatic heterocycles. The number of aromatic nitrogens is 3. The molecule has 2 N–H and O–H groups in total. The van der Waals surface area contributed by atoms with Gasteiger partial charge < -0.3 is 19.7 Å². The third kappa shape index (κ3) is 3.84. The molecule has 0 amide bonds. The van der Waals surface area contributed by atoms with Crippen LogP contribution >= 0.6 is 0 Å². The summed E-state index contributed by atoms with van der Waals surface area (Å²) in [7, 11) is 0. The van der Waals surface area contributed by atoms with Crippen molar-refractivity contribution in [2.24, 2.45) is 0 Å². The number of aliphatic hydroxyl groups excluding tert-OH is 2. The molecule has 0 spiro atoms. The molecule has 2 heterocycles. The SMILES string of the molecule is O[C@@H]1[C@@H](O)[C@@H](n2cc(COCc3ccc4ccccc4c3)nn2)OC[C@H]1F. The Kier molecular flexibility index (Phi) is 5.13. The Morgan fingerprint density at radius 3 is 2.78 bits per heavy atom. The van der Waals surface area contributed by atoms with Gasteiger partial charge >= 0.3 is 0 Å². The van der Waals surface area contributed by atoms with Crippen LogP contribution in [-0.4, -0.2) is 50.2 Å². The van der Waals surface area contributed by atoms with Crippen LogP contribution in [0.3, 0.4) is 0 Å². The summed E-state index contributed by atoms with van der Waals surface area (Å²) in [6.07, 6.45) is -3.97. The number of benzene rings is 2. The van der Waals surface area contributed by atoms with Gasteiger partial charge in [-0.1, -0.05) is 41.6 Å². The van der Waals surface area contributed by atoms with Gasteiger partial charge in [0, 0.05) is 0 Å². The maximum Gasteiger partial charge on any atom is 0.180 e. The van der Waals surface area contributed by atoms with Crippen LogP contribution in [0.25, 0.3) is 10.8 Å². The first-order valence-electron chi connectivity index (χ1n) is 8.70. The summed E-state index contributed by atoms with van der Waals surface area (Å²) in [4.78, 5) is 0. The smallest absolute Gasteiger partial charge is 0.180 e. The highest BCUT2D eigenvalue weighted by Gasteiger charge is 2.40. The molecule has 8 heteroatoms. The van der Waals surface area contributed by atoms with Crippen molar-refractivity contribution in [3.05, 3.63) is 59.9 Å². The van der Waals surface area contributed by atoms with E-state index in [0.29, 0.717) is 12.3 Å². The van der Waals surface area contributed by atoms with Crippen LogP contribution in [0, 0.1) is 0 Å². The molecule has 2 aromatic carbocycles. The van der Waals surface area contributed by atoms with Gasteiger partial charge in [0.05, 0.1) is 26.0 Å². The summed E-state index contributed by atoms with van der Waals surface area (Å²) in [6, 6.07) is 14.2. The van der Waals surface area contributed by atoms with Gasteiger partial charge in [0.25, 0.3) is 0 Å². The summed E-state index contributed by atoms with van der Waals surface area (Å²) in [5.74, 6) is 0. The Labute approximate surface area is 154 Å². The third-order valence-electron chi connectivity index (χ3n) is 4.59. The third-order valence-corrected chi connectivity index (χ3v) is 4.59. The summed E-state index contributed by atoms with van der Waals surface area (Å²) < 4.78 is 25.5. The Bertz CT molecular complexity index is 919. The molecule has 4 atom stereocenters. The van der Waals surface area contributed by atoms with E-state index in [1.54, 1.807) is 6.20 Å². The molecule has 0 unspecified atom stereocenters. The van der Waals surface area contributed by atoms with Crippen molar-refractivity contribution in [2.75, 3.05) is 6.61 Å². The first-order valence-corrected chi connectivity index (χ1v) is 8.70. The predicted octanol–water partition coefficient (Wildman–Crippen LogP) is 1.74. The molecule has 4 rings (SSSR count). The molecule has 0 bridgehead atoms. The lowest BCUT2D eigenvalue weighted by atomic mass is 10.1. The van der Waals surface area contributed by atoms with E-state index in [-0.39, 0.29) is 13.2 Å². The van der Waals surface area contributed by atoms with E-state index in [9.17, 15) is 14.6 Å². The number of hydrogen-bond acceptors (Lipinski definition) is 6. The van der Waals surface area contributed by atoms with Crippen molar-refractivity contribution in [1.82, 2.24) is 15.0 Å². The number of rotatable bonds is 5. The summed E-state index contributed by atoms with van der Waals surface area (Å²) in [5, 5.41) is 29.8. The summed E-state index contributed by atoms with van der Waals surface area (Å²) in [5.41, 5.74) is 1.59. The first kappa shape index (κ1) is 18.0. The summed E-state index contributed by atoms with van der Waals surface area (Å²) in [6.45, 7) is 0.336. The van der Waals surface area contributed by atoms with E-state index in [0.717, 1.165) is 10.9 Å². The predicted molar refractivity (Wildman–Crippen MR) is 94.4 cm³/mol. The van der Waals surface area contributed by atoms with Gasteiger partial charge in [-0.15, -0.1) is 5.10 Å². The highest BCUT2D eigenvalue weighted by Crippen LogP contribution is 2.25. The number of alkyl halides is 1. The number of fused-ring (bicyclic) bond motifs is 1. The molecule has 3 aromatic rings. The molecule has 0 aliphatic carbocycles. The lowest BCUT2D eigenvalue weighted by Gasteiger charge is -2.33. The second-order valence-electron chi connectivity index (χ2n) is 6.59. The number of hydrogen-bond donors (Lipinski definition) is 2. The van der Waals surface area contributed by atoms with Crippen molar-refractivity contribution in [1.29, 1.82) is 0 Å². The van der Waals surface area contributed by atoms with E-state index in [1.807, 2.05) is 18.2 Å². The lowest BCUT2D eigenvalue weighted by Crippen LogP contribution is -2.49. The van der Waals surface area contributed by atoms with Gasteiger partial charge in [0.15, 0.2) is 12.4 Å². The average molecular weight is 373 g/mol. The number of nitrogens with zero attached hydrogens (tertiary/aromatic N) is 3. The van der Waals surface area contributed by atoms with Crippen LogP contribution in [0.15, 0.2) is 48.7 Å². The van der Waals surface area contributed by atoms with Crippen molar-refractivity contribution < 1.29 is 24.1 Å². The highest BCUT2D eigenvalue weighted by molar-refractivity contribution is 5.82. The summed E-state index contributed by atoms with van der Waals surface area (Å²) >= 11 is 0. The molecule has 0 radical (unpaired) electrons. The van der Waals surface area contributed by atoms with Crippen molar-refractivity contribution in [3.63, 3.8) is 0 Å². The van der Waals surface area contributed by atoms with Crippen LogP contribution in [0.4, 0.5) is 4.39 Å². The van der Waals surface area contributed by atoms with Crippen molar-refractivity contribution in [3.8, 4) is 0 Å². The molecule has 142 valence electrons. The minimum absolute atomic E-state index is 0.226. The van der Waals surface area contributed by atoms with Crippen molar-refractivity contribution in [2.45, 2.75) is 37.8 Å². The molecule has 1 aliphatic rings. The Balaban J connectivity index is 1.35. The van der Waals surface area contributed by atoms with Crippen LogP contribution in [0.1, 0.15) is 17.5 Å². The maximum absolute atomic E-state index is 13.3. The zero-order valence-electron chi connectivity index (χ0n) is 14.5. The maximum atomic E-state index is 13.3. The van der Waals surface area contributed by atoms with Gasteiger partial charge in [0.1, 0.15) is 17.9 Å². The Morgan fingerprint density at radius 2 is 1.93 bits per heavy atom. The van der Waals surface area contributed by atoms with E-state index in [1.165, 1.54) is 10.1 Å². The van der Waals surface area contributed by atoms with Gasteiger partial charge in [-0.05, 0) is 22.4 Å². The van der Waals surface area contributed by atoms with E-state index in [2.05, 4.69) is 34.6 Å². The monoisotopic (exact) mass is 373 g/mol. The van der Waals surface area contributed by atoms with Crippen molar-refractivity contribution >= 4 is 10.8 Å². The number of ether oxygens (including phenoxy) is 2. The Morgan fingerprint density at radius 1 is 1.11 bits per heavy atom. The fourth-order valence-electron chi connectivity index (χ4n) is 3.11. The first-order chi connectivity index (χ1) is 13.1. The van der Waals surface area contributed by atoms with Crippen LogP contribution in [0.5, 0.6) is 0 Å². The minimum Gasteiger partial charge on any atom is -0.387 e. The largest absolute Gasteiger partial charge is 0.387 e. The highest BCUT2D eigenvalue weighted by atomic mass is 19.1. The van der Waals surface area contributed by atoms with E-state index < -0.39 is 24.6 Å². The van der Waals surface area contributed by atoms with E-state index >= 15 is 0 Å². The van der Waals surface area contributed by atoms with Gasteiger partial charge in [-0.25, -0.2) is 9.07 Å². The van der Waals surface area contributed by atoms with Crippen LogP contribution in [-0.2, 0) is 22.7 Å². The molecule has 1 aromatic heterocycles. The van der Waals surface area contributed by atoms with Gasteiger partial charge in [-0.2, -0.15) is 0 Å². The molecule has 1 saturated heterocycles. The van der Waals surface area contributed by atoms with Crippen LogP contribution < -0.4 is 0 Å². The van der Waals surface area contributed by atoms with Crippen LogP contribution in [0.2, 0.25) is 0 Å². The zero-order valence-corrected chi connectivity index (χ0v) is 14.5. The standard InChI is InChI=1S/C19H20FN3O4/c20-16-11-27-19(18(25)17(16)24)23-8-15(21-22-23)10-26-9-12-5-6-13-3-1-2-4-14(13)7-12/h1-8,16-19,24-25H,9-11H2/t16-,17+,18-,19+/m1/s1. The Hall–Kier alpha value is -2.39. The topological polar surface area (TPSA) is 89.6 Å². The second kappa shape index (κ2) is 7.69. The van der Waals surface area contributed by atoms with Gasteiger partial charge in [0.2, 0.25) is 0 Å². The second-order valence-corrected chi connectivity index (χ2v) is 6.59. The molecule has 7 nitrogen and oxygen atoms in total. The van der Waals surface area contributed by atoms with Gasteiger partial charge in [-0.3, -0.25) is 0 Å². The fourth-order valence-corrected chi connectivity index (χ4v) is 3.11. The lowest BCUT2D eigenvalue weighted by molar-refractivity contribution is -0.198. The van der Waals surface area contributed by atoms with E-state index in [4.69, 9.17) is 9.47 Å². The zero-order chi connectivity index (χ0) is 18.8. The quantitative estimate of drug-likeness (QED) is 0.708. The minimum atomic E-state index is -1.62. The number of aliphatic hydroxyl groups is 2. The molecular formula is C19H20FN3O4. The molecule has 0 saturated carbocycles. The molecule has 27 heavy (non-hydrogen) atoms. The normalized spacial score (nSPS) is 25.7. The number of halogens is 1. The fraction of sp³-hybridized carbons (Fsp3) is 0.368. The average Bonchev–Trinajstić information content (AvgIpc) is 3.15. The molecular weight excluding hydrogens is 353 g/mol. The molecule has 1 fully saturated rings.